The van der Waals surface area contributed by atoms with Crippen LogP contribution in [0.5, 0.6) is 0 Å². The van der Waals surface area contributed by atoms with E-state index in [4.69, 9.17) is 0 Å². The highest BCUT2D eigenvalue weighted by atomic mass is 32.2. The molecule has 160 valence electrons. The van der Waals surface area contributed by atoms with Crippen LogP contribution in [0, 0.1) is 6.92 Å². The molecule has 1 aliphatic heterocycles. The summed E-state index contributed by atoms with van der Waals surface area (Å²) in [6, 6.07) is 35.5. The molecular formula is C28H25NO2S. The summed E-state index contributed by atoms with van der Waals surface area (Å²) >= 11 is 0. The van der Waals surface area contributed by atoms with E-state index in [0.29, 0.717) is 11.4 Å². The first-order valence-electron chi connectivity index (χ1n) is 10.8. The van der Waals surface area contributed by atoms with Gasteiger partial charge in [0.2, 0.25) is 10.0 Å². The van der Waals surface area contributed by atoms with Crippen LogP contribution in [0.1, 0.15) is 39.8 Å². The van der Waals surface area contributed by atoms with Crippen molar-refractivity contribution in [3.63, 3.8) is 0 Å². The zero-order chi connectivity index (χ0) is 22.1. The number of rotatable bonds is 4. The lowest BCUT2D eigenvalue weighted by atomic mass is 9.81. The van der Waals surface area contributed by atoms with Gasteiger partial charge >= 0.3 is 0 Å². The Morgan fingerprint density at radius 2 is 1.28 bits per heavy atom. The minimum Gasteiger partial charge on any atom is -0.207 e. The lowest BCUT2D eigenvalue weighted by Crippen LogP contribution is -2.42. The lowest BCUT2D eigenvalue weighted by Gasteiger charge is -2.42. The van der Waals surface area contributed by atoms with Crippen LogP contribution in [-0.4, -0.2) is 12.7 Å². The second-order valence-electron chi connectivity index (χ2n) is 8.32. The smallest absolute Gasteiger partial charge is 0.207 e. The van der Waals surface area contributed by atoms with Gasteiger partial charge in [-0.05, 0) is 35.2 Å². The number of fused-ring (bicyclic) bond motifs is 1. The van der Waals surface area contributed by atoms with Gasteiger partial charge in [0.05, 0.1) is 10.9 Å². The van der Waals surface area contributed by atoms with Crippen LogP contribution in [-0.2, 0) is 16.6 Å². The molecular weight excluding hydrogens is 414 g/mol. The Labute approximate surface area is 190 Å². The Morgan fingerprint density at radius 3 is 1.91 bits per heavy atom. The van der Waals surface area contributed by atoms with Gasteiger partial charge in [-0.25, -0.2) is 8.42 Å². The maximum Gasteiger partial charge on any atom is 0.244 e. The number of benzene rings is 4. The average Bonchev–Trinajstić information content (AvgIpc) is 2.82. The van der Waals surface area contributed by atoms with Gasteiger partial charge in [0.1, 0.15) is 0 Å². The van der Waals surface area contributed by atoms with Crippen LogP contribution in [0.2, 0.25) is 0 Å². The van der Waals surface area contributed by atoms with Crippen LogP contribution in [0.3, 0.4) is 0 Å². The van der Waals surface area contributed by atoms with Gasteiger partial charge in [-0.3, -0.25) is 0 Å². The predicted molar refractivity (Wildman–Crippen MR) is 128 cm³/mol. The normalized spacial score (nSPS) is 19.9. The van der Waals surface area contributed by atoms with Gasteiger partial charge in [-0.15, -0.1) is 0 Å². The fourth-order valence-corrected chi connectivity index (χ4v) is 6.57. The van der Waals surface area contributed by atoms with Crippen molar-refractivity contribution in [1.82, 2.24) is 4.31 Å². The van der Waals surface area contributed by atoms with Crippen molar-refractivity contribution < 1.29 is 8.42 Å². The van der Waals surface area contributed by atoms with Crippen molar-refractivity contribution in [3.8, 4) is 0 Å². The minimum atomic E-state index is -3.70. The molecule has 1 heterocycles. The second kappa shape index (κ2) is 8.38. The molecule has 32 heavy (non-hydrogen) atoms. The molecule has 0 radical (unpaired) electrons. The first kappa shape index (κ1) is 20.7. The maximum absolute atomic E-state index is 14.0. The Kier molecular flexibility index (Phi) is 5.41. The summed E-state index contributed by atoms with van der Waals surface area (Å²) in [6.07, 6.45) is 0. The third kappa shape index (κ3) is 3.66. The van der Waals surface area contributed by atoms with Gasteiger partial charge in [0.25, 0.3) is 0 Å². The number of hydrogen-bond acceptors (Lipinski definition) is 2. The van der Waals surface area contributed by atoms with Crippen molar-refractivity contribution >= 4 is 10.0 Å². The molecule has 4 aromatic rings. The molecule has 0 saturated heterocycles. The van der Waals surface area contributed by atoms with Crippen LogP contribution < -0.4 is 0 Å². The van der Waals surface area contributed by atoms with E-state index in [2.05, 4.69) is 12.1 Å². The van der Waals surface area contributed by atoms with Gasteiger partial charge in [0, 0.05) is 12.5 Å². The van der Waals surface area contributed by atoms with Gasteiger partial charge < -0.3 is 0 Å². The summed E-state index contributed by atoms with van der Waals surface area (Å²) in [4.78, 5) is 0.403. The Bertz CT molecular complexity index is 1320. The van der Waals surface area contributed by atoms with Crippen molar-refractivity contribution in [3.05, 3.63) is 137 Å². The summed E-state index contributed by atoms with van der Waals surface area (Å²) in [5, 5.41) is 0. The first-order chi connectivity index (χ1) is 15.6. The fourth-order valence-electron chi connectivity index (χ4n) is 4.74. The summed E-state index contributed by atoms with van der Waals surface area (Å²) in [7, 11) is -3.70. The zero-order valence-electron chi connectivity index (χ0n) is 17.9. The molecule has 0 saturated carbocycles. The third-order valence-electron chi connectivity index (χ3n) is 6.19. The highest BCUT2D eigenvalue weighted by molar-refractivity contribution is 7.89. The zero-order valence-corrected chi connectivity index (χ0v) is 18.7. The van der Waals surface area contributed by atoms with E-state index >= 15 is 0 Å². The standard InChI is InChI=1S/C28H25NO2S/c1-21-17-18-26-25(19-21)27(23-13-7-3-8-14-23)28(24-15-9-4-10-16-24)29(32(26,30)31)20-22-11-5-2-6-12-22/h2-19,27-28H,20H2,1H3/t27-,28+/m1/s1. The van der Waals surface area contributed by atoms with Crippen molar-refractivity contribution in [2.45, 2.75) is 30.3 Å². The van der Waals surface area contributed by atoms with E-state index in [1.165, 1.54) is 0 Å². The molecule has 4 aromatic carbocycles. The number of aryl methyl sites for hydroxylation is 1. The molecule has 5 rings (SSSR count). The molecule has 4 heteroatoms. The molecule has 0 N–H and O–H groups in total. The van der Waals surface area contributed by atoms with E-state index in [9.17, 15) is 8.42 Å². The Morgan fingerprint density at radius 1 is 0.719 bits per heavy atom. The third-order valence-corrected chi connectivity index (χ3v) is 8.10. The summed E-state index contributed by atoms with van der Waals surface area (Å²) in [5.74, 6) is -0.110. The Balaban J connectivity index is 1.79. The molecule has 0 amide bonds. The van der Waals surface area contributed by atoms with Crippen molar-refractivity contribution in [2.75, 3.05) is 0 Å². The topological polar surface area (TPSA) is 37.4 Å². The van der Waals surface area contributed by atoms with E-state index in [1.54, 1.807) is 10.4 Å². The molecule has 2 atom stereocenters. The summed E-state index contributed by atoms with van der Waals surface area (Å²) in [5.41, 5.74) is 5.01. The molecule has 3 nitrogen and oxygen atoms in total. The van der Waals surface area contributed by atoms with Crippen molar-refractivity contribution in [1.29, 1.82) is 0 Å². The monoisotopic (exact) mass is 439 g/mol. The van der Waals surface area contributed by atoms with Crippen LogP contribution in [0.15, 0.2) is 114 Å². The van der Waals surface area contributed by atoms with Crippen LogP contribution in [0.4, 0.5) is 0 Å². The minimum absolute atomic E-state index is 0.110. The highest BCUT2D eigenvalue weighted by Gasteiger charge is 2.45. The molecule has 0 fully saturated rings. The fraction of sp³-hybridized carbons (Fsp3) is 0.143. The molecule has 0 aromatic heterocycles. The SMILES string of the molecule is Cc1ccc2c(c1)[C@@H](c1ccccc1)[C@H](c1ccccc1)N(Cc1ccccc1)S2(=O)=O. The number of nitrogens with zero attached hydrogens (tertiary/aromatic N) is 1. The number of sulfonamides is 1. The van der Waals surface area contributed by atoms with E-state index < -0.39 is 10.0 Å². The molecule has 0 unspecified atom stereocenters. The summed E-state index contributed by atoms with van der Waals surface area (Å²) < 4.78 is 29.7. The van der Waals surface area contributed by atoms with Gasteiger partial charge in [0.15, 0.2) is 0 Å². The Hall–Kier alpha value is -3.21. The van der Waals surface area contributed by atoms with Crippen molar-refractivity contribution in [2.24, 2.45) is 0 Å². The molecule has 0 bridgehead atoms. The molecule has 0 spiro atoms. The quantitative estimate of drug-likeness (QED) is 0.387. The largest absolute Gasteiger partial charge is 0.244 e. The van der Waals surface area contributed by atoms with Gasteiger partial charge in [-0.1, -0.05) is 109 Å². The van der Waals surface area contributed by atoms with E-state index in [1.807, 2.05) is 97.9 Å². The highest BCUT2D eigenvalue weighted by Crippen LogP contribution is 2.50. The summed E-state index contributed by atoms with van der Waals surface area (Å²) in [6.45, 7) is 2.34. The van der Waals surface area contributed by atoms with E-state index in [-0.39, 0.29) is 12.0 Å². The lowest BCUT2D eigenvalue weighted by molar-refractivity contribution is 0.280. The van der Waals surface area contributed by atoms with Gasteiger partial charge in [-0.2, -0.15) is 4.31 Å². The second-order valence-corrected chi connectivity index (χ2v) is 10.2. The van der Waals surface area contributed by atoms with Crippen LogP contribution >= 0.6 is 0 Å². The first-order valence-corrected chi connectivity index (χ1v) is 12.3. The average molecular weight is 440 g/mol. The molecule has 1 aliphatic rings. The van der Waals surface area contributed by atoms with E-state index in [0.717, 1.165) is 27.8 Å². The van der Waals surface area contributed by atoms with Crippen LogP contribution in [0.25, 0.3) is 0 Å². The molecule has 0 aliphatic carbocycles. The predicted octanol–water partition coefficient (Wildman–Crippen LogP) is 6.07. The maximum atomic E-state index is 14.0. The number of hydrogen-bond donors (Lipinski definition) is 0.